The van der Waals surface area contributed by atoms with Crippen molar-refractivity contribution in [2.75, 3.05) is 27.8 Å². The molecule has 0 aliphatic rings. The molecule has 2 N–H and O–H groups in total. The number of halogens is 1. The number of aliphatic imine (C=N–C) groups is 1. The lowest BCUT2D eigenvalue weighted by Gasteiger charge is -2.13. The Kier molecular flexibility index (Phi) is 7.61. The Balaban J connectivity index is 1.89. The number of nitrogens with zero attached hydrogens (tertiary/aromatic N) is 1. The van der Waals surface area contributed by atoms with Crippen molar-refractivity contribution in [3.05, 3.63) is 65.0 Å². The smallest absolute Gasteiger partial charge is 0.341 e. The van der Waals surface area contributed by atoms with Crippen LogP contribution < -0.4 is 15.4 Å². The number of ether oxygens (including phenoxy) is 2. The fraction of sp³-hybridized carbons (Fsp3) is 0.300. The normalized spacial score (nSPS) is 11.0. The zero-order valence-corrected chi connectivity index (χ0v) is 15.7. The Morgan fingerprint density at radius 1 is 1.07 bits per heavy atom. The van der Waals surface area contributed by atoms with Gasteiger partial charge in [0.1, 0.15) is 17.1 Å². The van der Waals surface area contributed by atoms with Gasteiger partial charge in [0, 0.05) is 20.1 Å². The van der Waals surface area contributed by atoms with E-state index >= 15 is 0 Å². The van der Waals surface area contributed by atoms with Gasteiger partial charge in [0.15, 0.2) is 5.96 Å². The minimum atomic E-state index is -0.449. The van der Waals surface area contributed by atoms with Crippen molar-refractivity contribution in [2.45, 2.75) is 13.0 Å². The molecule has 0 bridgehead atoms. The van der Waals surface area contributed by atoms with E-state index in [4.69, 9.17) is 9.47 Å². The van der Waals surface area contributed by atoms with Gasteiger partial charge in [0.25, 0.3) is 0 Å². The quantitative estimate of drug-likeness (QED) is 0.443. The molecule has 2 aromatic rings. The van der Waals surface area contributed by atoms with E-state index in [0.29, 0.717) is 30.4 Å². The van der Waals surface area contributed by atoms with Gasteiger partial charge < -0.3 is 20.1 Å². The molecule has 27 heavy (non-hydrogen) atoms. The van der Waals surface area contributed by atoms with Crippen molar-refractivity contribution in [3.63, 3.8) is 0 Å². The van der Waals surface area contributed by atoms with Crippen LogP contribution in [0.5, 0.6) is 5.75 Å². The molecule has 0 unspecified atom stereocenters. The summed E-state index contributed by atoms with van der Waals surface area (Å²) in [5.41, 5.74) is 2.30. The van der Waals surface area contributed by atoms with Crippen LogP contribution in [0.25, 0.3) is 0 Å². The molecule has 0 aromatic heterocycles. The second-order valence-corrected chi connectivity index (χ2v) is 5.76. The van der Waals surface area contributed by atoms with E-state index in [-0.39, 0.29) is 5.82 Å². The van der Waals surface area contributed by atoms with E-state index in [1.807, 2.05) is 6.07 Å². The summed E-state index contributed by atoms with van der Waals surface area (Å²) >= 11 is 0. The Labute approximate surface area is 158 Å². The fourth-order valence-corrected chi connectivity index (χ4v) is 2.52. The summed E-state index contributed by atoms with van der Waals surface area (Å²) in [6.07, 6.45) is 0.746. The highest BCUT2D eigenvalue weighted by Gasteiger charge is 2.13. The van der Waals surface area contributed by atoms with E-state index in [0.717, 1.165) is 17.5 Å². The van der Waals surface area contributed by atoms with Crippen LogP contribution in [0.2, 0.25) is 0 Å². The van der Waals surface area contributed by atoms with Crippen LogP contribution >= 0.6 is 0 Å². The average molecular weight is 373 g/mol. The first-order valence-electron chi connectivity index (χ1n) is 8.51. The number of carbonyl (C=O) groups is 1. The predicted octanol–water partition coefficient (Wildman–Crippen LogP) is 2.53. The molecule has 144 valence electrons. The standard InChI is InChI=1S/C20H24FN3O3/c1-22-20(23-11-10-14-4-7-16(21)8-5-14)24-13-15-6-9-18(26-2)17(12-15)19(25)27-3/h4-9,12H,10-11,13H2,1-3H3,(H2,22,23,24). The lowest BCUT2D eigenvalue weighted by atomic mass is 10.1. The van der Waals surface area contributed by atoms with E-state index in [9.17, 15) is 9.18 Å². The molecule has 0 saturated carbocycles. The largest absolute Gasteiger partial charge is 0.496 e. The number of methoxy groups -OCH3 is 2. The monoisotopic (exact) mass is 373 g/mol. The number of esters is 1. The zero-order valence-electron chi connectivity index (χ0n) is 15.7. The number of benzene rings is 2. The maximum absolute atomic E-state index is 12.9. The zero-order chi connectivity index (χ0) is 19.6. The van der Waals surface area contributed by atoms with Gasteiger partial charge in [0.2, 0.25) is 0 Å². The van der Waals surface area contributed by atoms with Crippen LogP contribution in [-0.4, -0.2) is 39.7 Å². The van der Waals surface area contributed by atoms with E-state index in [1.54, 1.807) is 31.3 Å². The van der Waals surface area contributed by atoms with Gasteiger partial charge in [-0.3, -0.25) is 4.99 Å². The molecule has 0 atom stereocenters. The second-order valence-electron chi connectivity index (χ2n) is 5.76. The highest BCUT2D eigenvalue weighted by Crippen LogP contribution is 2.20. The van der Waals surface area contributed by atoms with E-state index in [2.05, 4.69) is 15.6 Å². The van der Waals surface area contributed by atoms with Crippen molar-refractivity contribution in [1.82, 2.24) is 10.6 Å². The third-order valence-corrected chi connectivity index (χ3v) is 3.97. The van der Waals surface area contributed by atoms with Gasteiger partial charge >= 0.3 is 5.97 Å². The van der Waals surface area contributed by atoms with Crippen molar-refractivity contribution in [3.8, 4) is 5.75 Å². The Morgan fingerprint density at radius 2 is 1.78 bits per heavy atom. The molecule has 0 radical (unpaired) electrons. The highest BCUT2D eigenvalue weighted by atomic mass is 19.1. The highest BCUT2D eigenvalue weighted by molar-refractivity contribution is 5.92. The third-order valence-electron chi connectivity index (χ3n) is 3.97. The Bertz CT molecular complexity index is 792. The fourth-order valence-electron chi connectivity index (χ4n) is 2.52. The molecular weight excluding hydrogens is 349 g/mol. The molecule has 2 aromatic carbocycles. The topological polar surface area (TPSA) is 72.0 Å². The number of hydrogen-bond acceptors (Lipinski definition) is 4. The molecule has 2 rings (SSSR count). The molecule has 0 fully saturated rings. The summed E-state index contributed by atoms with van der Waals surface area (Å²) in [5, 5.41) is 6.39. The van der Waals surface area contributed by atoms with E-state index < -0.39 is 5.97 Å². The van der Waals surface area contributed by atoms with Crippen molar-refractivity contribution in [1.29, 1.82) is 0 Å². The average Bonchev–Trinajstić information content (AvgIpc) is 2.71. The van der Waals surface area contributed by atoms with Crippen LogP contribution in [0.4, 0.5) is 4.39 Å². The minimum absolute atomic E-state index is 0.241. The number of nitrogens with one attached hydrogen (secondary N) is 2. The molecule has 0 saturated heterocycles. The van der Waals surface area contributed by atoms with Gasteiger partial charge in [-0.25, -0.2) is 9.18 Å². The van der Waals surface area contributed by atoms with Crippen molar-refractivity contribution in [2.24, 2.45) is 4.99 Å². The van der Waals surface area contributed by atoms with Gasteiger partial charge in [0.05, 0.1) is 14.2 Å². The number of rotatable bonds is 7. The molecule has 0 amide bonds. The van der Waals surface area contributed by atoms with Crippen LogP contribution in [0.3, 0.4) is 0 Å². The van der Waals surface area contributed by atoms with Crippen molar-refractivity contribution >= 4 is 11.9 Å². The third kappa shape index (κ3) is 5.99. The molecule has 6 nitrogen and oxygen atoms in total. The van der Waals surface area contributed by atoms with Crippen LogP contribution in [0.15, 0.2) is 47.5 Å². The lowest BCUT2D eigenvalue weighted by Crippen LogP contribution is -2.37. The SMILES string of the molecule is CN=C(NCCc1ccc(F)cc1)NCc1ccc(OC)c(C(=O)OC)c1. The molecule has 0 heterocycles. The lowest BCUT2D eigenvalue weighted by molar-refractivity contribution is 0.0597. The number of carbonyl (C=O) groups excluding carboxylic acids is 1. The first kappa shape index (κ1) is 20.2. The van der Waals surface area contributed by atoms with Gasteiger partial charge in [-0.2, -0.15) is 0 Å². The summed E-state index contributed by atoms with van der Waals surface area (Å²) < 4.78 is 22.9. The van der Waals surface area contributed by atoms with Crippen molar-refractivity contribution < 1.29 is 18.7 Å². The maximum Gasteiger partial charge on any atom is 0.341 e. The summed E-state index contributed by atoms with van der Waals surface area (Å²) in [5.74, 6) is 0.408. The molecule has 0 spiro atoms. The van der Waals surface area contributed by atoms with Gasteiger partial charge in [-0.05, 0) is 41.8 Å². The Morgan fingerprint density at radius 3 is 2.41 bits per heavy atom. The summed E-state index contributed by atoms with van der Waals surface area (Å²) in [4.78, 5) is 16.0. The van der Waals surface area contributed by atoms with Crippen LogP contribution in [-0.2, 0) is 17.7 Å². The summed E-state index contributed by atoms with van der Waals surface area (Å²) in [7, 11) is 4.52. The molecule has 0 aliphatic heterocycles. The molecular formula is C20H24FN3O3. The number of guanidine groups is 1. The minimum Gasteiger partial charge on any atom is -0.496 e. The first-order chi connectivity index (χ1) is 13.1. The summed E-state index contributed by atoms with van der Waals surface area (Å²) in [6.45, 7) is 1.13. The van der Waals surface area contributed by atoms with E-state index in [1.165, 1.54) is 26.4 Å². The summed E-state index contributed by atoms with van der Waals surface area (Å²) in [6, 6.07) is 11.7. The van der Waals surface area contributed by atoms with Crippen LogP contribution in [0.1, 0.15) is 21.5 Å². The van der Waals surface area contributed by atoms with Gasteiger partial charge in [-0.15, -0.1) is 0 Å². The van der Waals surface area contributed by atoms with Crippen LogP contribution in [0, 0.1) is 5.82 Å². The molecule has 7 heteroatoms. The first-order valence-corrected chi connectivity index (χ1v) is 8.51. The Hall–Kier alpha value is -3.09. The molecule has 0 aliphatic carbocycles. The maximum atomic E-state index is 12.9. The predicted molar refractivity (Wildman–Crippen MR) is 103 cm³/mol. The van der Waals surface area contributed by atoms with Gasteiger partial charge in [-0.1, -0.05) is 18.2 Å². The number of hydrogen-bond donors (Lipinski definition) is 2. The second kappa shape index (κ2) is 10.2.